The van der Waals surface area contributed by atoms with Crippen LogP contribution in [0.25, 0.3) is 0 Å². The number of halogens is 1. The summed E-state index contributed by atoms with van der Waals surface area (Å²) in [7, 11) is 0. The van der Waals surface area contributed by atoms with Crippen LogP contribution in [-0.2, 0) is 6.54 Å². The van der Waals surface area contributed by atoms with Gasteiger partial charge in [0, 0.05) is 10.2 Å². The van der Waals surface area contributed by atoms with Gasteiger partial charge in [0.05, 0.1) is 23.4 Å². The van der Waals surface area contributed by atoms with Gasteiger partial charge in [-0.1, -0.05) is 34.1 Å². The Balaban J connectivity index is 1.76. The van der Waals surface area contributed by atoms with Crippen LogP contribution in [0, 0.1) is 17.0 Å². The minimum Gasteiger partial charge on any atom is -0.265 e. The highest BCUT2D eigenvalue weighted by Gasteiger charge is 2.25. The molecule has 0 fully saturated rings. The van der Waals surface area contributed by atoms with Crippen molar-refractivity contribution in [3.05, 3.63) is 85.9 Å². The molecule has 0 saturated heterocycles. The first-order valence-electron chi connectivity index (χ1n) is 8.16. The van der Waals surface area contributed by atoms with Gasteiger partial charge in [-0.05, 0) is 36.8 Å². The first-order valence-corrected chi connectivity index (χ1v) is 8.95. The second kappa shape index (κ2) is 8.53. The number of nitrogens with one attached hydrogen (secondary N) is 1. The highest BCUT2D eigenvalue weighted by Crippen LogP contribution is 2.18. The zero-order valence-corrected chi connectivity index (χ0v) is 16.3. The summed E-state index contributed by atoms with van der Waals surface area (Å²) < 4.78 is 2.27. The smallest absolute Gasteiger partial charge is 0.265 e. The van der Waals surface area contributed by atoms with Crippen LogP contribution in [-0.4, -0.2) is 31.8 Å². The first kappa shape index (κ1) is 19.4. The summed E-state index contributed by atoms with van der Waals surface area (Å²) in [6.45, 7) is 2.12. The third-order valence-corrected chi connectivity index (χ3v) is 4.21. The summed E-state index contributed by atoms with van der Waals surface area (Å²) in [6.07, 6.45) is 2.58. The molecule has 0 spiro atoms. The number of carbonyl (C=O) groups is 1. The monoisotopic (exact) mass is 442 g/mol. The summed E-state index contributed by atoms with van der Waals surface area (Å²) in [5.74, 6) is -0.773. The number of hydrazone groups is 1. The Hall–Kier alpha value is -3.40. The Morgan fingerprint density at radius 3 is 2.75 bits per heavy atom. The predicted octanol–water partition coefficient (Wildman–Crippen LogP) is 3.07. The Kier molecular flexibility index (Phi) is 5.90. The van der Waals surface area contributed by atoms with E-state index in [1.807, 2.05) is 37.3 Å². The average Bonchev–Trinajstić information content (AvgIpc) is 3.08. The normalized spacial score (nSPS) is 10.9. The second-order valence-electron chi connectivity index (χ2n) is 5.85. The molecule has 0 atom stereocenters. The molecule has 3 aromatic rings. The van der Waals surface area contributed by atoms with E-state index in [2.05, 4.69) is 36.5 Å². The fraction of sp³-hybridized carbons (Fsp3) is 0.111. The van der Waals surface area contributed by atoms with E-state index in [-0.39, 0.29) is 12.2 Å². The molecule has 142 valence electrons. The molecule has 0 saturated carbocycles. The zero-order valence-electron chi connectivity index (χ0n) is 14.7. The van der Waals surface area contributed by atoms with E-state index in [9.17, 15) is 14.9 Å². The predicted molar refractivity (Wildman–Crippen MR) is 106 cm³/mol. The van der Waals surface area contributed by atoms with E-state index < -0.39 is 16.5 Å². The number of pyridine rings is 1. The molecule has 0 unspecified atom stereocenters. The molecule has 0 aliphatic carbocycles. The van der Waals surface area contributed by atoms with Crippen LogP contribution in [0.15, 0.2) is 58.2 Å². The van der Waals surface area contributed by atoms with Gasteiger partial charge in [0.25, 0.3) is 5.91 Å². The van der Waals surface area contributed by atoms with Crippen LogP contribution in [0.3, 0.4) is 0 Å². The topological polar surface area (TPSA) is 115 Å². The van der Waals surface area contributed by atoms with Crippen LogP contribution in [0.5, 0.6) is 0 Å². The number of hydrogen-bond donors (Lipinski definition) is 1. The number of hydrogen-bond acceptors (Lipinski definition) is 6. The molecular formula is C18H15BrN6O3. The summed E-state index contributed by atoms with van der Waals surface area (Å²) in [5, 5.41) is 19.1. The minimum absolute atomic E-state index is 0.290. The van der Waals surface area contributed by atoms with Gasteiger partial charge in [0.2, 0.25) is 5.69 Å². The van der Waals surface area contributed by atoms with Crippen molar-refractivity contribution in [3.63, 3.8) is 0 Å². The largest absolute Gasteiger partial charge is 0.320 e. The van der Waals surface area contributed by atoms with Crippen molar-refractivity contribution in [2.45, 2.75) is 13.5 Å². The van der Waals surface area contributed by atoms with Crippen molar-refractivity contribution in [3.8, 4) is 0 Å². The number of rotatable bonds is 6. The van der Waals surface area contributed by atoms with Gasteiger partial charge in [-0.3, -0.25) is 24.6 Å². The molecule has 9 nitrogen and oxygen atoms in total. The van der Waals surface area contributed by atoms with Gasteiger partial charge >= 0.3 is 5.69 Å². The summed E-state index contributed by atoms with van der Waals surface area (Å²) >= 11 is 3.35. The lowest BCUT2D eigenvalue weighted by atomic mass is 10.2. The molecule has 2 aromatic heterocycles. The molecule has 28 heavy (non-hydrogen) atoms. The van der Waals surface area contributed by atoms with Crippen molar-refractivity contribution in [1.82, 2.24) is 20.2 Å². The molecule has 0 aliphatic rings. The Bertz CT molecular complexity index is 1050. The number of aromatic nitrogens is 3. The molecule has 0 aliphatic heterocycles. The van der Waals surface area contributed by atoms with E-state index in [0.717, 1.165) is 15.7 Å². The number of benzene rings is 1. The third kappa shape index (κ3) is 4.86. The SMILES string of the molecule is Cc1cccc(/C=N/NC(=O)c2nn(Cc3ccc(Br)cc3)cc2[N+](=O)[O-])n1. The van der Waals surface area contributed by atoms with Gasteiger partial charge in [-0.25, -0.2) is 5.43 Å². The number of nitro groups is 1. The number of aryl methyl sites for hydroxylation is 1. The maximum absolute atomic E-state index is 12.3. The van der Waals surface area contributed by atoms with E-state index in [0.29, 0.717) is 5.69 Å². The molecule has 2 heterocycles. The third-order valence-electron chi connectivity index (χ3n) is 3.68. The van der Waals surface area contributed by atoms with Gasteiger partial charge in [-0.15, -0.1) is 0 Å². The maximum Gasteiger partial charge on any atom is 0.320 e. The second-order valence-corrected chi connectivity index (χ2v) is 6.76. The van der Waals surface area contributed by atoms with Gasteiger partial charge in [-0.2, -0.15) is 10.2 Å². The lowest BCUT2D eigenvalue weighted by Gasteiger charge is -2.01. The van der Waals surface area contributed by atoms with Crippen LogP contribution < -0.4 is 5.43 Å². The molecule has 1 N–H and O–H groups in total. The van der Waals surface area contributed by atoms with E-state index in [1.165, 1.54) is 17.1 Å². The Labute approximate surface area is 168 Å². The molecule has 0 bridgehead atoms. The van der Waals surface area contributed by atoms with Crippen molar-refractivity contribution < 1.29 is 9.72 Å². The minimum atomic E-state index is -0.773. The van der Waals surface area contributed by atoms with Crippen LogP contribution in [0.1, 0.15) is 27.4 Å². The quantitative estimate of drug-likeness (QED) is 0.357. The summed E-state index contributed by atoms with van der Waals surface area (Å²) in [6, 6.07) is 12.8. The maximum atomic E-state index is 12.3. The summed E-state index contributed by atoms with van der Waals surface area (Å²) in [4.78, 5) is 27.2. The fourth-order valence-electron chi connectivity index (χ4n) is 2.41. The molecule has 3 rings (SSSR count). The van der Waals surface area contributed by atoms with Gasteiger partial charge < -0.3 is 0 Å². The first-order chi connectivity index (χ1) is 13.4. The van der Waals surface area contributed by atoms with Crippen LogP contribution in [0.2, 0.25) is 0 Å². The number of amides is 1. The zero-order chi connectivity index (χ0) is 20.1. The highest BCUT2D eigenvalue weighted by molar-refractivity contribution is 9.10. The number of nitrogens with zero attached hydrogens (tertiary/aromatic N) is 5. The standard InChI is InChI=1S/C18H15BrN6O3/c1-12-3-2-4-15(21-12)9-20-22-18(26)17-16(25(27)28)11-24(23-17)10-13-5-7-14(19)8-6-13/h2-9,11H,10H2,1H3,(H,22,26)/b20-9+. The molecule has 1 aromatic carbocycles. The van der Waals surface area contributed by atoms with E-state index in [4.69, 9.17) is 0 Å². The van der Waals surface area contributed by atoms with Gasteiger partial charge in [0.1, 0.15) is 6.20 Å². The lowest BCUT2D eigenvalue weighted by molar-refractivity contribution is -0.385. The molecule has 0 radical (unpaired) electrons. The van der Waals surface area contributed by atoms with Crippen molar-refractivity contribution >= 4 is 33.7 Å². The summed E-state index contributed by atoms with van der Waals surface area (Å²) in [5.41, 5.74) is 3.79. The molecular weight excluding hydrogens is 428 g/mol. The fourth-order valence-corrected chi connectivity index (χ4v) is 2.67. The van der Waals surface area contributed by atoms with E-state index in [1.54, 1.807) is 12.1 Å². The van der Waals surface area contributed by atoms with E-state index >= 15 is 0 Å². The Morgan fingerprint density at radius 1 is 1.32 bits per heavy atom. The molecule has 1 amide bonds. The van der Waals surface area contributed by atoms with Gasteiger partial charge in [0.15, 0.2) is 0 Å². The van der Waals surface area contributed by atoms with Crippen molar-refractivity contribution in [1.29, 1.82) is 0 Å². The number of carbonyl (C=O) groups excluding carboxylic acids is 1. The lowest BCUT2D eigenvalue weighted by Crippen LogP contribution is -2.20. The average molecular weight is 443 g/mol. The molecule has 10 heteroatoms. The highest BCUT2D eigenvalue weighted by atomic mass is 79.9. The van der Waals surface area contributed by atoms with Crippen molar-refractivity contribution in [2.24, 2.45) is 5.10 Å². The van der Waals surface area contributed by atoms with Crippen molar-refractivity contribution in [2.75, 3.05) is 0 Å². The van der Waals surface area contributed by atoms with Crippen LogP contribution >= 0.6 is 15.9 Å². The Morgan fingerprint density at radius 2 is 2.07 bits per heavy atom. The van der Waals surface area contributed by atoms with Crippen LogP contribution in [0.4, 0.5) is 5.69 Å².